The number of hydrogen-bond acceptors (Lipinski definition) is 6. The summed E-state index contributed by atoms with van der Waals surface area (Å²) in [6, 6.07) is 9.77. The number of hydrogen-bond donors (Lipinski definition) is 1. The molecule has 30 heavy (non-hydrogen) atoms. The van der Waals surface area contributed by atoms with E-state index in [1.165, 1.54) is 12.4 Å². The number of ether oxygens (including phenoxy) is 1. The molecule has 0 spiro atoms. The van der Waals surface area contributed by atoms with Crippen molar-refractivity contribution in [1.82, 2.24) is 14.8 Å². The Kier molecular flexibility index (Phi) is 6.84. The van der Waals surface area contributed by atoms with E-state index >= 15 is 0 Å². The highest BCUT2D eigenvalue weighted by Crippen LogP contribution is 2.40. The molecule has 7 nitrogen and oxygen atoms in total. The monoisotopic (exact) mass is 409 g/mol. The van der Waals surface area contributed by atoms with Crippen LogP contribution in [0.2, 0.25) is 0 Å². The third-order valence-corrected chi connectivity index (χ3v) is 5.45. The van der Waals surface area contributed by atoms with Gasteiger partial charge in [-0.3, -0.25) is 14.6 Å². The van der Waals surface area contributed by atoms with Gasteiger partial charge in [0.25, 0.3) is 11.7 Å². The second-order valence-corrected chi connectivity index (χ2v) is 7.03. The summed E-state index contributed by atoms with van der Waals surface area (Å²) in [6.45, 7) is 6.82. The van der Waals surface area contributed by atoms with Crippen molar-refractivity contribution in [3.05, 3.63) is 65.5 Å². The summed E-state index contributed by atoms with van der Waals surface area (Å²) in [5.74, 6) is -0.873. The van der Waals surface area contributed by atoms with E-state index in [4.69, 9.17) is 4.74 Å². The highest BCUT2D eigenvalue weighted by Gasteiger charge is 2.46. The van der Waals surface area contributed by atoms with Crippen LogP contribution in [0, 0.1) is 0 Å². The molecule has 7 heteroatoms. The molecule has 1 aromatic heterocycles. The summed E-state index contributed by atoms with van der Waals surface area (Å²) in [6.07, 6.45) is 3.07. The van der Waals surface area contributed by atoms with E-state index in [0.717, 1.165) is 13.1 Å². The van der Waals surface area contributed by atoms with E-state index < -0.39 is 17.7 Å². The maximum Gasteiger partial charge on any atom is 0.295 e. The smallest absolute Gasteiger partial charge is 0.295 e. The van der Waals surface area contributed by atoms with E-state index in [-0.39, 0.29) is 11.3 Å². The van der Waals surface area contributed by atoms with Crippen molar-refractivity contribution in [2.45, 2.75) is 19.9 Å². The van der Waals surface area contributed by atoms with Gasteiger partial charge >= 0.3 is 0 Å². The van der Waals surface area contributed by atoms with E-state index in [0.29, 0.717) is 30.0 Å². The Labute approximate surface area is 176 Å². The zero-order valence-corrected chi connectivity index (χ0v) is 17.5. The highest BCUT2D eigenvalue weighted by molar-refractivity contribution is 6.46. The quantitative estimate of drug-likeness (QED) is 0.410. The number of likely N-dealkylation sites (tertiary alicyclic amines) is 1. The number of aliphatic hydroxyl groups excluding tert-OH is 1. The van der Waals surface area contributed by atoms with Gasteiger partial charge < -0.3 is 19.6 Å². The molecule has 2 heterocycles. The van der Waals surface area contributed by atoms with Crippen LogP contribution in [0.15, 0.2) is 54.4 Å². The molecule has 3 rings (SSSR count). The first-order valence-electron chi connectivity index (χ1n) is 10.1. The Balaban J connectivity index is 2.10. The number of ketones is 1. The third kappa shape index (κ3) is 4.21. The number of carbonyl (C=O) groups is 2. The van der Waals surface area contributed by atoms with Gasteiger partial charge in [-0.15, -0.1) is 0 Å². The van der Waals surface area contributed by atoms with Gasteiger partial charge in [0, 0.05) is 31.0 Å². The molecule has 1 N–H and O–H groups in total. The highest BCUT2D eigenvalue weighted by atomic mass is 16.5. The van der Waals surface area contributed by atoms with Gasteiger partial charge in [-0.2, -0.15) is 0 Å². The van der Waals surface area contributed by atoms with Crippen molar-refractivity contribution in [2.24, 2.45) is 0 Å². The fourth-order valence-corrected chi connectivity index (χ4v) is 3.72. The average molecular weight is 409 g/mol. The number of amides is 1. The second-order valence-electron chi connectivity index (χ2n) is 7.03. The topological polar surface area (TPSA) is 83.0 Å². The van der Waals surface area contributed by atoms with Crippen LogP contribution in [0.1, 0.15) is 31.0 Å². The normalized spacial score (nSPS) is 18.3. The third-order valence-electron chi connectivity index (χ3n) is 5.45. The van der Waals surface area contributed by atoms with Crippen molar-refractivity contribution in [3.63, 3.8) is 0 Å². The molecule has 0 bridgehead atoms. The van der Waals surface area contributed by atoms with Gasteiger partial charge in [-0.1, -0.05) is 26.0 Å². The SMILES string of the molecule is CCN(CC)CCN1C(=O)C(=O)/C(=C(/O)c2ccncc2)C1c1cccc(OC)c1. The lowest BCUT2D eigenvalue weighted by Crippen LogP contribution is -2.38. The number of carbonyl (C=O) groups excluding carboxylic acids is 2. The Morgan fingerprint density at radius 3 is 2.50 bits per heavy atom. The largest absolute Gasteiger partial charge is 0.507 e. The number of likely N-dealkylation sites (N-methyl/N-ethyl adjacent to an activating group) is 1. The second kappa shape index (κ2) is 9.54. The predicted octanol–water partition coefficient (Wildman–Crippen LogP) is 2.85. The van der Waals surface area contributed by atoms with Crippen molar-refractivity contribution >= 4 is 17.4 Å². The minimum absolute atomic E-state index is 0.0824. The zero-order chi connectivity index (χ0) is 21.7. The van der Waals surface area contributed by atoms with Crippen LogP contribution in [0.4, 0.5) is 0 Å². The standard InChI is InChI=1S/C23H27N3O4/c1-4-25(5-2)13-14-26-20(17-7-6-8-18(15-17)30-3)19(22(28)23(26)29)21(27)16-9-11-24-12-10-16/h6-12,15,20,27H,4-5,13-14H2,1-3H3/b21-19+. The summed E-state index contributed by atoms with van der Waals surface area (Å²) in [7, 11) is 1.56. The van der Waals surface area contributed by atoms with E-state index in [1.807, 2.05) is 12.1 Å². The Morgan fingerprint density at radius 2 is 1.87 bits per heavy atom. The lowest BCUT2D eigenvalue weighted by molar-refractivity contribution is -0.140. The molecule has 0 radical (unpaired) electrons. The maximum absolute atomic E-state index is 13.0. The molecule has 1 amide bonds. The molecule has 0 saturated carbocycles. The molecule has 1 atom stereocenters. The van der Waals surface area contributed by atoms with Crippen LogP contribution in [0.5, 0.6) is 5.75 Å². The van der Waals surface area contributed by atoms with Gasteiger partial charge in [-0.05, 0) is 42.9 Å². The molecule has 0 aliphatic carbocycles. The number of Topliss-reactive ketones (excluding diaryl/α,β-unsaturated/α-hetero) is 1. The van der Waals surface area contributed by atoms with Gasteiger partial charge in [0.2, 0.25) is 0 Å². The average Bonchev–Trinajstić information content (AvgIpc) is 3.04. The molecule has 1 aliphatic heterocycles. The first-order chi connectivity index (χ1) is 14.5. The van der Waals surface area contributed by atoms with Crippen molar-refractivity contribution in [3.8, 4) is 5.75 Å². The number of aromatic nitrogens is 1. The first kappa shape index (κ1) is 21.5. The Hall–Kier alpha value is -3.19. The van der Waals surface area contributed by atoms with Crippen molar-refractivity contribution in [1.29, 1.82) is 0 Å². The molecule has 2 aromatic rings. The lowest BCUT2D eigenvalue weighted by Gasteiger charge is -2.28. The van der Waals surface area contributed by atoms with Crippen molar-refractivity contribution < 1.29 is 19.4 Å². The summed E-state index contributed by atoms with van der Waals surface area (Å²) in [5, 5.41) is 11.0. The predicted molar refractivity (Wildman–Crippen MR) is 114 cm³/mol. The minimum atomic E-state index is -0.691. The fourth-order valence-electron chi connectivity index (χ4n) is 3.72. The summed E-state index contributed by atoms with van der Waals surface area (Å²) in [5.41, 5.74) is 1.24. The van der Waals surface area contributed by atoms with E-state index in [1.54, 1.807) is 36.3 Å². The number of benzene rings is 1. The Morgan fingerprint density at radius 1 is 1.17 bits per heavy atom. The molecular formula is C23H27N3O4. The van der Waals surface area contributed by atoms with Crippen LogP contribution in [-0.2, 0) is 9.59 Å². The number of aliphatic hydroxyl groups is 1. The van der Waals surface area contributed by atoms with Gasteiger partial charge in [0.1, 0.15) is 11.5 Å². The lowest BCUT2D eigenvalue weighted by atomic mass is 9.95. The van der Waals surface area contributed by atoms with Crippen LogP contribution in [0.3, 0.4) is 0 Å². The number of nitrogens with zero attached hydrogens (tertiary/aromatic N) is 3. The molecule has 1 aliphatic rings. The molecule has 1 saturated heterocycles. The Bertz CT molecular complexity index is 938. The summed E-state index contributed by atoms with van der Waals surface area (Å²) < 4.78 is 5.33. The first-order valence-corrected chi connectivity index (χ1v) is 10.1. The van der Waals surface area contributed by atoms with Gasteiger partial charge in [0.15, 0.2) is 0 Å². The van der Waals surface area contributed by atoms with Crippen molar-refractivity contribution in [2.75, 3.05) is 33.3 Å². The number of methoxy groups -OCH3 is 1. The number of rotatable bonds is 8. The molecule has 1 unspecified atom stereocenters. The molecule has 158 valence electrons. The minimum Gasteiger partial charge on any atom is -0.507 e. The maximum atomic E-state index is 13.0. The molecule has 1 aromatic carbocycles. The van der Waals surface area contributed by atoms with Gasteiger partial charge in [-0.25, -0.2) is 0 Å². The summed E-state index contributed by atoms with van der Waals surface area (Å²) >= 11 is 0. The summed E-state index contributed by atoms with van der Waals surface area (Å²) in [4.78, 5) is 33.6. The van der Waals surface area contributed by atoms with E-state index in [2.05, 4.69) is 23.7 Å². The van der Waals surface area contributed by atoms with Crippen LogP contribution < -0.4 is 4.74 Å². The van der Waals surface area contributed by atoms with Crippen LogP contribution in [0.25, 0.3) is 5.76 Å². The van der Waals surface area contributed by atoms with Crippen LogP contribution >= 0.6 is 0 Å². The molecule has 1 fully saturated rings. The molecular weight excluding hydrogens is 382 g/mol. The fraction of sp³-hybridized carbons (Fsp3) is 0.348. The van der Waals surface area contributed by atoms with Gasteiger partial charge in [0.05, 0.1) is 18.7 Å². The van der Waals surface area contributed by atoms with E-state index in [9.17, 15) is 14.7 Å². The number of pyridine rings is 1. The van der Waals surface area contributed by atoms with Crippen LogP contribution in [-0.4, -0.2) is 64.9 Å². The zero-order valence-electron chi connectivity index (χ0n) is 17.5.